The van der Waals surface area contributed by atoms with Gasteiger partial charge in [0.05, 0.1) is 0 Å². The van der Waals surface area contributed by atoms with Crippen molar-refractivity contribution in [1.29, 1.82) is 0 Å². The Hall–Kier alpha value is -0.340. The van der Waals surface area contributed by atoms with Crippen LogP contribution in [0.25, 0.3) is 0 Å². The lowest BCUT2D eigenvalue weighted by Gasteiger charge is -2.46. The van der Waals surface area contributed by atoms with Crippen LogP contribution in [0.2, 0.25) is 0 Å². The van der Waals surface area contributed by atoms with E-state index < -0.39 is 0 Å². The van der Waals surface area contributed by atoms with Gasteiger partial charge in [-0.05, 0) is 34.1 Å². The van der Waals surface area contributed by atoms with Crippen LogP contribution in [0.3, 0.4) is 0 Å². The van der Waals surface area contributed by atoms with Crippen LogP contribution in [0, 0.1) is 0 Å². The van der Waals surface area contributed by atoms with Crippen LogP contribution in [-0.4, -0.2) is 16.1 Å². The summed E-state index contributed by atoms with van der Waals surface area (Å²) in [4.78, 5) is 0. The molecule has 2 nitrogen and oxygen atoms in total. The lowest BCUT2D eigenvalue weighted by atomic mass is 9.87. The molecule has 0 bridgehead atoms. The summed E-state index contributed by atoms with van der Waals surface area (Å²) in [5, 5.41) is 1.93. The van der Waals surface area contributed by atoms with Gasteiger partial charge in [-0.2, -0.15) is 0 Å². The van der Waals surface area contributed by atoms with Crippen LogP contribution >= 0.6 is 0 Å². The van der Waals surface area contributed by atoms with Gasteiger partial charge >= 0.3 is 0 Å². The van der Waals surface area contributed by atoms with Crippen LogP contribution in [0.5, 0.6) is 0 Å². The first-order valence-corrected chi connectivity index (χ1v) is 4.09. The molecule has 0 aromatic heterocycles. The van der Waals surface area contributed by atoms with Crippen molar-refractivity contribution in [2.75, 3.05) is 0 Å². The minimum absolute atomic E-state index is 0.00174. The maximum absolute atomic E-state index is 5.97. The zero-order chi connectivity index (χ0) is 8.70. The Bertz CT molecular complexity index is 180. The van der Waals surface area contributed by atoms with Gasteiger partial charge in [-0.25, -0.2) is 5.01 Å². The molecule has 1 aliphatic heterocycles. The smallest absolute Gasteiger partial charge is 0.0480 e. The lowest BCUT2D eigenvalue weighted by Crippen LogP contribution is -2.60. The topological polar surface area (TPSA) is 29.3 Å². The lowest BCUT2D eigenvalue weighted by molar-refractivity contribution is 0.0350. The second-order valence-corrected chi connectivity index (χ2v) is 4.44. The fourth-order valence-electron chi connectivity index (χ4n) is 1.59. The molecule has 11 heavy (non-hydrogen) atoms. The van der Waals surface area contributed by atoms with E-state index in [9.17, 15) is 0 Å². The first-order valence-electron chi connectivity index (χ1n) is 4.09. The normalized spacial score (nSPS) is 28.8. The van der Waals surface area contributed by atoms with Gasteiger partial charge in [0.25, 0.3) is 0 Å². The second-order valence-electron chi connectivity index (χ2n) is 4.44. The van der Waals surface area contributed by atoms with Crippen LogP contribution < -0.4 is 5.84 Å². The van der Waals surface area contributed by atoms with Gasteiger partial charge < -0.3 is 0 Å². The van der Waals surface area contributed by atoms with Crippen molar-refractivity contribution in [3.63, 3.8) is 0 Å². The maximum atomic E-state index is 5.97. The average molecular weight is 154 g/mol. The summed E-state index contributed by atoms with van der Waals surface area (Å²) < 4.78 is 0. The third-order valence-corrected chi connectivity index (χ3v) is 2.42. The van der Waals surface area contributed by atoms with Crippen molar-refractivity contribution in [1.82, 2.24) is 5.01 Å². The molecule has 1 rings (SSSR count). The molecular formula is C9H18N2. The number of rotatable bonds is 0. The van der Waals surface area contributed by atoms with Crippen molar-refractivity contribution >= 4 is 0 Å². The Kier molecular flexibility index (Phi) is 1.85. The molecule has 2 N–H and O–H groups in total. The van der Waals surface area contributed by atoms with E-state index in [4.69, 9.17) is 5.84 Å². The highest BCUT2D eigenvalue weighted by Gasteiger charge is 2.35. The first-order chi connectivity index (χ1) is 4.86. The molecule has 0 saturated carbocycles. The van der Waals surface area contributed by atoms with Crippen molar-refractivity contribution in [2.24, 2.45) is 5.84 Å². The summed E-state index contributed by atoms with van der Waals surface area (Å²) >= 11 is 0. The molecule has 1 heterocycles. The Morgan fingerprint density at radius 1 is 1.27 bits per heavy atom. The Morgan fingerprint density at radius 2 is 1.82 bits per heavy atom. The fraction of sp³-hybridized carbons (Fsp3) is 0.778. The van der Waals surface area contributed by atoms with E-state index in [0.29, 0.717) is 0 Å². The van der Waals surface area contributed by atoms with Crippen LogP contribution in [0.4, 0.5) is 0 Å². The third-order valence-electron chi connectivity index (χ3n) is 2.42. The first kappa shape index (κ1) is 8.75. The number of hydrazine groups is 1. The highest BCUT2D eigenvalue weighted by atomic mass is 15.5. The predicted octanol–water partition coefficient (Wildman–Crippen LogP) is 1.68. The minimum Gasteiger partial charge on any atom is -0.267 e. The number of hydrogen-bond donors (Lipinski definition) is 1. The van der Waals surface area contributed by atoms with E-state index in [1.807, 2.05) is 5.01 Å². The zero-order valence-electron chi connectivity index (χ0n) is 7.89. The average Bonchev–Trinajstić information content (AvgIpc) is 1.82. The molecule has 0 amide bonds. The van der Waals surface area contributed by atoms with Crippen molar-refractivity contribution in [3.05, 3.63) is 12.2 Å². The Balaban J connectivity index is 2.91. The summed E-state index contributed by atoms with van der Waals surface area (Å²) in [6.07, 6.45) is 5.41. The highest BCUT2D eigenvalue weighted by Crippen LogP contribution is 2.29. The van der Waals surface area contributed by atoms with Crippen LogP contribution in [0.1, 0.15) is 34.1 Å². The van der Waals surface area contributed by atoms with Crippen molar-refractivity contribution < 1.29 is 0 Å². The van der Waals surface area contributed by atoms with Crippen LogP contribution in [-0.2, 0) is 0 Å². The summed E-state index contributed by atoms with van der Waals surface area (Å²) in [5.74, 6) is 5.97. The molecule has 0 saturated heterocycles. The van der Waals surface area contributed by atoms with E-state index in [1.54, 1.807) is 0 Å². The SMILES string of the molecule is CC1(C)C=CCC(C)(C)N1N. The summed E-state index contributed by atoms with van der Waals surface area (Å²) in [6.45, 7) is 8.59. The van der Waals surface area contributed by atoms with Crippen LogP contribution in [0.15, 0.2) is 12.2 Å². The summed E-state index contributed by atoms with van der Waals surface area (Å²) in [7, 11) is 0. The largest absolute Gasteiger partial charge is 0.267 e. The molecule has 0 aliphatic carbocycles. The summed E-state index contributed by atoms with van der Waals surface area (Å²) in [6, 6.07) is 0. The van der Waals surface area contributed by atoms with Gasteiger partial charge in [-0.15, -0.1) is 0 Å². The number of nitrogens with two attached hydrogens (primary N) is 1. The second kappa shape index (κ2) is 2.32. The molecule has 1 aliphatic rings. The van der Waals surface area contributed by atoms with E-state index in [2.05, 4.69) is 39.8 Å². The molecular weight excluding hydrogens is 136 g/mol. The predicted molar refractivity (Wildman–Crippen MR) is 47.9 cm³/mol. The fourth-order valence-corrected chi connectivity index (χ4v) is 1.59. The Morgan fingerprint density at radius 3 is 2.18 bits per heavy atom. The molecule has 0 radical (unpaired) electrons. The quantitative estimate of drug-likeness (QED) is 0.425. The number of hydrogen-bond acceptors (Lipinski definition) is 2. The van der Waals surface area contributed by atoms with Gasteiger partial charge in [0, 0.05) is 11.1 Å². The number of nitrogens with zero attached hydrogens (tertiary/aromatic N) is 1. The molecule has 64 valence electrons. The highest BCUT2D eigenvalue weighted by molar-refractivity contribution is 5.11. The maximum Gasteiger partial charge on any atom is 0.0480 e. The zero-order valence-corrected chi connectivity index (χ0v) is 7.89. The van der Waals surface area contributed by atoms with Gasteiger partial charge in [0.15, 0.2) is 0 Å². The molecule has 0 unspecified atom stereocenters. The van der Waals surface area contributed by atoms with E-state index >= 15 is 0 Å². The van der Waals surface area contributed by atoms with Gasteiger partial charge in [0.1, 0.15) is 0 Å². The molecule has 0 aromatic carbocycles. The van der Waals surface area contributed by atoms with E-state index in [1.165, 1.54) is 0 Å². The summed E-state index contributed by atoms with van der Waals surface area (Å²) in [5.41, 5.74) is 0.0972. The third kappa shape index (κ3) is 1.47. The van der Waals surface area contributed by atoms with E-state index in [-0.39, 0.29) is 11.1 Å². The monoisotopic (exact) mass is 154 g/mol. The standard InChI is InChI=1S/C9H18N2/c1-8(2)6-5-7-9(3,4)11(8)10/h5-6H,7,10H2,1-4H3. The van der Waals surface area contributed by atoms with E-state index in [0.717, 1.165) is 6.42 Å². The Labute approximate surface area is 69.0 Å². The van der Waals surface area contributed by atoms with Gasteiger partial charge in [0.2, 0.25) is 0 Å². The molecule has 0 fully saturated rings. The van der Waals surface area contributed by atoms with Crippen molar-refractivity contribution in [3.8, 4) is 0 Å². The molecule has 0 atom stereocenters. The minimum atomic E-state index is 0.00174. The van der Waals surface area contributed by atoms with Crippen molar-refractivity contribution in [2.45, 2.75) is 45.2 Å². The van der Waals surface area contributed by atoms with Gasteiger partial charge in [-0.1, -0.05) is 12.2 Å². The molecule has 0 aromatic rings. The van der Waals surface area contributed by atoms with Gasteiger partial charge in [-0.3, -0.25) is 5.84 Å². The molecule has 0 spiro atoms. The molecule has 2 heteroatoms.